The van der Waals surface area contributed by atoms with Gasteiger partial charge in [0, 0.05) is 0 Å². The molecule has 2 N–H and O–H groups in total. The minimum absolute atomic E-state index is 0.384. The average Bonchev–Trinajstić information content (AvgIpc) is 1.38. The monoisotopic (exact) mass is 71.1 g/mol. The van der Waals surface area contributed by atoms with Crippen LogP contribution in [0.2, 0.25) is 0 Å². The molecule has 0 aliphatic carbocycles. The second-order valence-corrected chi connectivity index (χ2v) is 1.39. The molecule has 5 heavy (non-hydrogen) atoms. The highest BCUT2D eigenvalue weighted by Crippen LogP contribution is 1.71. The Hall–Kier alpha value is 0.0249. The minimum Gasteiger partial charge on any atom is -0.335 e. The van der Waals surface area contributed by atoms with E-state index >= 15 is 0 Å². The van der Waals surface area contributed by atoms with Crippen LogP contribution in [0.5, 0.6) is 0 Å². The fourth-order valence-corrected chi connectivity index (χ4v) is 0. The molecule has 0 aromatic heterocycles. The predicted octanol–water partition coefficient (Wildman–Crippen LogP) is -0.686. The molecule has 0 heterocycles. The van der Waals surface area contributed by atoms with Crippen molar-refractivity contribution in [3.8, 4) is 0 Å². The number of hydrogen-bond acceptors (Lipinski definition) is 1. The third-order valence-electron chi connectivity index (χ3n) is 0.644. The summed E-state index contributed by atoms with van der Waals surface area (Å²) < 4.78 is 0. The van der Waals surface area contributed by atoms with Gasteiger partial charge in [0.25, 0.3) is 0 Å². The van der Waals surface area contributed by atoms with Crippen molar-refractivity contribution in [3.63, 3.8) is 0 Å². The van der Waals surface area contributed by atoms with E-state index in [2.05, 4.69) is 6.92 Å². The molecular formula is C3H10BN. The molecule has 0 rings (SSSR count). The first kappa shape index (κ1) is 5.02. The summed E-state index contributed by atoms with van der Waals surface area (Å²) in [5.41, 5.74) is 5.29. The molecule has 0 fully saturated rings. The van der Waals surface area contributed by atoms with Crippen molar-refractivity contribution in [1.29, 1.82) is 0 Å². The van der Waals surface area contributed by atoms with Gasteiger partial charge in [0.1, 0.15) is 7.85 Å². The highest BCUT2D eigenvalue weighted by atomic mass is 14.6. The molecule has 0 aromatic carbocycles. The van der Waals surface area contributed by atoms with Crippen molar-refractivity contribution in [3.05, 3.63) is 0 Å². The average molecular weight is 70.9 g/mol. The van der Waals surface area contributed by atoms with Crippen molar-refractivity contribution in [2.75, 3.05) is 0 Å². The summed E-state index contributed by atoms with van der Waals surface area (Å²) in [6.45, 7) is 2.07. The van der Waals surface area contributed by atoms with Crippen molar-refractivity contribution < 1.29 is 0 Å². The van der Waals surface area contributed by atoms with Crippen molar-refractivity contribution in [2.24, 2.45) is 5.73 Å². The second kappa shape index (κ2) is 2.27. The molecule has 2 heteroatoms. The van der Waals surface area contributed by atoms with Crippen LogP contribution in [-0.4, -0.2) is 13.8 Å². The Balaban J connectivity index is 2.54. The lowest BCUT2D eigenvalue weighted by atomic mass is 9.96. The van der Waals surface area contributed by atoms with Crippen LogP contribution in [0.1, 0.15) is 13.3 Å². The van der Waals surface area contributed by atoms with Crippen LogP contribution in [0.4, 0.5) is 0 Å². The summed E-state index contributed by atoms with van der Waals surface area (Å²) in [5, 5.41) is 0. The molecule has 1 atom stereocenters. The van der Waals surface area contributed by atoms with Crippen molar-refractivity contribution in [2.45, 2.75) is 19.3 Å². The Morgan fingerprint density at radius 1 is 2.00 bits per heavy atom. The van der Waals surface area contributed by atoms with Gasteiger partial charge in [0.15, 0.2) is 0 Å². The zero-order valence-corrected chi connectivity index (χ0v) is 3.86. The van der Waals surface area contributed by atoms with Gasteiger partial charge in [-0.3, -0.25) is 0 Å². The van der Waals surface area contributed by atoms with Crippen LogP contribution < -0.4 is 5.73 Å². The van der Waals surface area contributed by atoms with E-state index in [1.54, 1.807) is 0 Å². The van der Waals surface area contributed by atoms with E-state index in [9.17, 15) is 0 Å². The van der Waals surface area contributed by atoms with Crippen LogP contribution in [0.15, 0.2) is 0 Å². The van der Waals surface area contributed by atoms with Crippen LogP contribution in [0.25, 0.3) is 0 Å². The predicted molar refractivity (Wildman–Crippen MR) is 26.8 cm³/mol. The lowest BCUT2D eigenvalue weighted by Crippen LogP contribution is -2.17. The van der Waals surface area contributed by atoms with Gasteiger partial charge >= 0.3 is 0 Å². The lowest BCUT2D eigenvalue weighted by Gasteiger charge is -1.91. The second-order valence-electron chi connectivity index (χ2n) is 1.39. The zero-order chi connectivity index (χ0) is 4.28. The molecule has 1 unspecified atom stereocenters. The Kier molecular flexibility index (Phi) is 2.28. The smallest absolute Gasteiger partial charge is 0.123 e. The molecule has 0 bridgehead atoms. The highest BCUT2D eigenvalue weighted by Gasteiger charge is 1.80. The third kappa shape index (κ3) is 4.02. The Morgan fingerprint density at radius 2 is 2.20 bits per heavy atom. The van der Waals surface area contributed by atoms with Gasteiger partial charge in [0.2, 0.25) is 0 Å². The standard InChI is InChI=1S/C3H10BN/c1-2-3(4)5/h3H,2,4-5H2,1H3. The van der Waals surface area contributed by atoms with Crippen molar-refractivity contribution >= 4 is 7.85 Å². The topological polar surface area (TPSA) is 26.0 Å². The summed E-state index contributed by atoms with van der Waals surface area (Å²) in [6.07, 6.45) is 1.08. The quantitative estimate of drug-likeness (QED) is 0.407. The number of nitrogens with two attached hydrogens (primary N) is 1. The van der Waals surface area contributed by atoms with Gasteiger partial charge in [-0.1, -0.05) is 6.92 Å². The minimum atomic E-state index is 0.384. The normalized spacial score (nSPS) is 14.8. The van der Waals surface area contributed by atoms with E-state index in [0.29, 0.717) is 5.94 Å². The lowest BCUT2D eigenvalue weighted by molar-refractivity contribution is 0.856. The summed E-state index contributed by atoms with van der Waals surface area (Å²) in [6, 6.07) is 0. The summed E-state index contributed by atoms with van der Waals surface area (Å²) in [4.78, 5) is 0. The fourth-order valence-electron chi connectivity index (χ4n) is 0. The van der Waals surface area contributed by atoms with Gasteiger partial charge in [0.05, 0.1) is 0 Å². The van der Waals surface area contributed by atoms with Gasteiger partial charge in [-0.05, 0) is 12.4 Å². The van der Waals surface area contributed by atoms with Gasteiger partial charge < -0.3 is 5.73 Å². The summed E-state index contributed by atoms with van der Waals surface area (Å²) in [5.74, 6) is 0.384. The Morgan fingerprint density at radius 3 is 2.20 bits per heavy atom. The number of rotatable bonds is 1. The maximum atomic E-state index is 5.29. The number of hydrogen-bond donors (Lipinski definition) is 1. The molecule has 30 valence electrons. The van der Waals surface area contributed by atoms with E-state index in [0.717, 1.165) is 6.42 Å². The van der Waals surface area contributed by atoms with Gasteiger partial charge in [-0.25, -0.2) is 0 Å². The van der Waals surface area contributed by atoms with Gasteiger partial charge in [-0.15, -0.1) is 0 Å². The highest BCUT2D eigenvalue weighted by molar-refractivity contribution is 6.11. The molecule has 0 amide bonds. The molecule has 0 saturated carbocycles. The largest absolute Gasteiger partial charge is 0.335 e. The molecule has 0 saturated heterocycles. The molecule has 0 spiro atoms. The molecule has 0 aromatic rings. The first-order chi connectivity index (χ1) is 2.27. The van der Waals surface area contributed by atoms with E-state index in [-0.39, 0.29) is 0 Å². The maximum Gasteiger partial charge on any atom is 0.123 e. The molecular weight excluding hydrogens is 60.9 g/mol. The van der Waals surface area contributed by atoms with Crippen molar-refractivity contribution in [1.82, 2.24) is 0 Å². The first-order valence-corrected chi connectivity index (χ1v) is 2.03. The van der Waals surface area contributed by atoms with E-state index < -0.39 is 0 Å². The molecule has 1 nitrogen and oxygen atoms in total. The van der Waals surface area contributed by atoms with Gasteiger partial charge in [-0.2, -0.15) is 0 Å². The molecule has 0 aliphatic heterocycles. The maximum absolute atomic E-state index is 5.29. The van der Waals surface area contributed by atoms with E-state index in [1.165, 1.54) is 0 Å². The van der Waals surface area contributed by atoms with Crippen LogP contribution >= 0.6 is 0 Å². The first-order valence-electron chi connectivity index (χ1n) is 2.03. The van der Waals surface area contributed by atoms with Crippen LogP contribution in [0, 0.1) is 0 Å². The fraction of sp³-hybridized carbons (Fsp3) is 1.00. The Bertz CT molecular complexity index is 20.9. The SMILES string of the molecule is BC(N)CC. The van der Waals surface area contributed by atoms with E-state index in [4.69, 9.17) is 5.73 Å². The molecule has 0 aliphatic rings. The Labute approximate surface area is 34.0 Å². The van der Waals surface area contributed by atoms with Crippen LogP contribution in [-0.2, 0) is 0 Å². The van der Waals surface area contributed by atoms with E-state index in [1.807, 2.05) is 7.85 Å². The third-order valence-corrected chi connectivity index (χ3v) is 0.644. The summed E-state index contributed by atoms with van der Waals surface area (Å²) in [7, 11) is 2.00. The summed E-state index contributed by atoms with van der Waals surface area (Å²) >= 11 is 0. The molecule has 0 radical (unpaired) electrons. The zero-order valence-electron chi connectivity index (χ0n) is 3.86. The van der Waals surface area contributed by atoms with Crippen LogP contribution in [0.3, 0.4) is 0 Å².